The number of hydrogen-bond donors (Lipinski definition) is 1. The van der Waals surface area contributed by atoms with Crippen LogP contribution in [0.25, 0.3) is 0 Å². The lowest BCUT2D eigenvalue weighted by molar-refractivity contribution is 0.104. The van der Waals surface area contributed by atoms with E-state index in [1.54, 1.807) is 30.3 Å². The van der Waals surface area contributed by atoms with E-state index in [4.69, 9.17) is 0 Å². The highest BCUT2D eigenvalue weighted by Gasteiger charge is 2.03. The summed E-state index contributed by atoms with van der Waals surface area (Å²) in [6.07, 6.45) is 1.56. The fourth-order valence-corrected chi connectivity index (χ4v) is 2.05. The molecular weight excluding hydrogens is 333 g/mol. The van der Waals surface area contributed by atoms with Gasteiger partial charge in [-0.25, -0.2) is 4.39 Å². The molecule has 0 saturated carbocycles. The molecule has 0 radical (unpaired) electrons. The number of ketones is 1. The summed E-state index contributed by atoms with van der Waals surface area (Å²) in [5.74, 6) is -0.303. The van der Waals surface area contributed by atoms with Crippen molar-refractivity contribution in [3.8, 4) is 0 Å². The largest absolute Gasteiger partial charge is 0.384 e. The standard InChI is InChI=1S/C17H15BrFNO/c1-12(20-11-13-2-8-16(19)9-3-13)10-17(21)14-4-6-15(18)7-5-14/h2-10,20H,11H2,1H3/b12-10+. The summed E-state index contributed by atoms with van der Waals surface area (Å²) in [7, 11) is 0. The Balaban J connectivity index is 1.95. The van der Waals surface area contributed by atoms with E-state index in [1.807, 2.05) is 19.1 Å². The summed E-state index contributed by atoms with van der Waals surface area (Å²) >= 11 is 3.34. The highest BCUT2D eigenvalue weighted by atomic mass is 79.9. The quantitative estimate of drug-likeness (QED) is 0.638. The average Bonchev–Trinajstić information content (AvgIpc) is 2.47. The summed E-state index contributed by atoms with van der Waals surface area (Å²) in [5.41, 5.74) is 2.37. The first kappa shape index (κ1) is 15.4. The lowest BCUT2D eigenvalue weighted by Crippen LogP contribution is -2.12. The first-order chi connectivity index (χ1) is 10.0. The molecule has 2 rings (SSSR count). The second-order valence-electron chi connectivity index (χ2n) is 4.68. The second-order valence-corrected chi connectivity index (χ2v) is 5.59. The molecule has 108 valence electrons. The Morgan fingerprint density at radius 3 is 2.38 bits per heavy atom. The van der Waals surface area contributed by atoms with Crippen molar-refractivity contribution >= 4 is 21.7 Å². The maximum atomic E-state index is 12.8. The van der Waals surface area contributed by atoms with Gasteiger partial charge in [0, 0.05) is 28.4 Å². The maximum Gasteiger partial charge on any atom is 0.187 e. The van der Waals surface area contributed by atoms with Crippen molar-refractivity contribution in [1.82, 2.24) is 5.32 Å². The van der Waals surface area contributed by atoms with Crippen LogP contribution in [0.3, 0.4) is 0 Å². The fraction of sp³-hybridized carbons (Fsp3) is 0.118. The van der Waals surface area contributed by atoms with Crippen molar-refractivity contribution in [3.63, 3.8) is 0 Å². The minimum Gasteiger partial charge on any atom is -0.384 e. The molecule has 4 heteroatoms. The number of hydrogen-bond acceptors (Lipinski definition) is 2. The molecule has 0 bridgehead atoms. The monoisotopic (exact) mass is 347 g/mol. The van der Waals surface area contributed by atoms with E-state index in [9.17, 15) is 9.18 Å². The molecule has 0 aliphatic heterocycles. The summed E-state index contributed by atoms with van der Waals surface area (Å²) in [5, 5.41) is 3.14. The van der Waals surface area contributed by atoms with Crippen LogP contribution in [0.15, 0.2) is 64.8 Å². The molecular formula is C17H15BrFNO. The van der Waals surface area contributed by atoms with Gasteiger partial charge in [0.1, 0.15) is 5.82 Å². The van der Waals surface area contributed by atoms with Gasteiger partial charge in [0.05, 0.1) is 0 Å². The molecule has 2 nitrogen and oxygen atoms in total. The Morgan fingerprint density at radius 1 is 1.14 bits per heavy atom. The van der Waals surface area contributed by atoms with E-state index in [0.29, 0.717) is 12.1 Å². The number of carbonyl (C=O) groups excluding carboxylic acids is 1. The Bertz CT molecular complexity index is 647. The van der Waals surface area contributed by atoms with Gasteiger partial charge in [0.25, 0.3) is 0 Å². The summed E-state index contributed by atoms with van der Waals surface area (Å²) in [4.78, 5) is 12.0. The Hall–Kier alpha value is -1.94. The molecule has 0 aliphatic rings. The van der Waals surface area contributed by atoms with E-state index < -0.39 is 0 Å². The molecule has 0 unspecified atom stereocenters. The molecule has 0 aromatic heterocycles. The molecule has 0 heterocycles. The zero-order valence-electron chi connectivity index (χ0n) is 11.6. The third kappa shape index (κ3) is 4.83. The first-order valence-electron chi connectivity index (χ1n) is 6.51. The van der Waals surface area contributed by atoms with Crippen LogP contribution >= 0.6 is 15.9 Å². The summed E-state index contributed by atoms with van der Waals surface area (Å²) in [6.45, 7) is 2.39. The summed E-state index contributed by atoms with van der Waals surface area (Å²) < 4.78 is 13.7. The van der Waals surface area contributed by atoms with E-state index in [2.05, 4.69) is 21.2 Å². The fourth-order valence-electron chi connectivity index (χ4n) is 1.79. The molecule has 0 saturated heterocycles. The number of rotatable bonds is 5. The molecule has 0 spiro atoms. The van der Waals surface area contributed by atoms with Crippen molar-refractivity contribution in [2.45, 2.75) is 13.5 Å². The molecule has 0 fully saturated rings. The van der Waals surface area contributed by atoms with E-state index >= 15 is 0 Å². The smallest absolute Gasteiger partial charge is 0.187 e. The van der Waals surface area contributed by atoms with Crippen LogP contribution in [0.4, 0.5) is 4.39 Å². The number of allylic oxidation sites excluding steroid dienone is 2. The van der Waals surface area contributed by atoms with E-state index in [0.717, 1.165) is 15.7 Å². The van der Waals surface area contributed by atoms with Crippen molar-refractivity contribution in [2.24, 2.45) is 0 Å². The number of benzene rings is 2. The number of carbonyl (C=O) groups is 1. The third-order valence-corrected chi connectivity index (χ3v) is 3.49. The van der Waals surface area contributed by atoms with Crippen LogP contribution in [0.5, 0.6) is 0 Å². The molecule has 2 aromatic rings. The summed E-state index contributed by atoms with van der Waals surface area (Å²) in [6, 6.07) is 13.5. The molecule has 0 atom stereocenters. The molecule has 0 aliphatic carbocycles. The Morgan fingerprint density at radius 2 is 1.76 bits per heavy atom. The van der Waals surface area contributed by atoms with Gasteiger partial charge in [0.15, 0.2) is 5.78 Å². The van der Waals surface area contributed by atoms with Crippen molar-refractivity contribution in [3.05, 3.63) is 81.7 Å². The lowest BCUT2D eigenvalue weighted by Gasteiger charge is -2.06. The van der Waals surface area contributed by atoms with Gasteiger partial charge in [-0.15, -0.1) is 0 Å². The molecule has 2 aromatic carbocycles. The van der Waals surface area contributed by atoms with Crippen LogP contribution in [0.1, 0.15) is 22.8 Å². The number of nitrogens with one attached hydrogen (secondary N) is 1. The van der Waals surface area contributed by atoms with Crippen molar-refractivity contribution in [1.29, 1.82) is 0 Å². The second kappa shape index (κ2) is 7.18. The zero-order valence-corrected chi connectivity index (χ0v) is 13.2. The Kier molecular flexibility index (Phi) is 5.28. The van der Waals surface area contributed by atoms with E-state index in [1.165, 1.54) is 12.1 Å². The first-order valence-corrected chi connectivity index (χ1v) is 7.30. The molecule has 21 heavy (non-hydrogen) atoms. The topological polar surface area (TPSA) is 29.1 Å². The highest BCUT2D eigenvalue weighted by Crippen LogP contribution is 2.12. The number of halogens is 2. The minimum absolute atomic E-state index is 0.0494. The van der Waals surface area contributed by atoms with Gasteiger partial charge in [0.2, 0.25) is 0 Å². The van der Waals surface area contributed by atoms with Gasteiger partial charge in [-0.05, 0) is 48.9 Å². The van der Waals surface area contributed by atoms with E-state index in [-0.39, 0.29) is 11.6 Å². The van der Waals surface area contributed by atoms with Crippen LogP contribution in [0.2, 0.25) is 0 Å². The van der Waals surface area contributed by atoms with Crippen LogP contribution in [0, 0.1) is 5.82 Å². The predicted molar refractivity (Wildman–Crippen MR) is 85.5 cm³/mol. The van der Waals surface area contributed by atoms with Crippen LogP contribution < -0.4 is 5.32 Å². The average molecular weight is 348 g/mol. The van der Waals surface area contributed by atoms with Gasteiger partial charge in [-0.3, -0.25) is 4.79 Å². The van der Waals surface area contributed by atoms with Gasteiger partial charge >= 0.3 is 0 Å². The SMILES string of the molecule is C/C(=C\C(=O)c1ccc(Br)cc1)NCc1ccc(F)cc1. The normalized spacial score (nSPS) is 11.3. The van der Waals surface area contributed by atoms with Crippen molar-refractivity contribution < 1.29 is 9.18 Å². The minimum atomic E-state index is -0.253. The lowest BCUT2D eigenvalue weighted by atomic mass is 10.1. The van der Waals surface area contributed by atoms with Crippen LogP contribution in [-0.4, -0.2) is 5.78 Å². The van der Waals surface area contributed by atoms with Crippen molar-refractivity contribution in [2.75, 3.05) is 0 Å². The molecule has 1 N–H and O–H groups in total. The zero-order chi connectivity index (χ0) is 15.2. The molecule has 0 amide bonds. The van der Waals surface area contributed by atoms with Gasteiger partial charge < -0.3 is 5.32 Å². The predicted octanol–water partition coefficient (Wildman–Crippen LogP) is 4.46. The maximum absolute atomic E-state index is 12.8. The Labute approximate surface area is 131 Å². The van der Waals surface area contributed by atoms with Gasteiger partial charge in [-0.1, -0.05) is 28.1 Å². The highest BCUT2D eigenvalue weighted by molar-refractivity contribution is 9.10. The van der Waals surface area contributed by atoms with Gasteiger partial charge in [-0.2, -0.15) is 0 Å². The third-order valence-electron chi connectivity index (χ3n) is 2.96. The van der Waals surface area contributed by atoms with Crippen LogP contribution in [-0.2, 0) is 6.54 Å².